The quantitative estimate of drug-likeness (QED) is 0.264. The first kappa shape index (κ1) is 14.2. The summed E-state index contributed by atoms with van der Waals surface area (Å²) >= 11 is 2.20. The van der Waals surface area contributed by atoms with E-state index in [1.807, 2.05) is 24.3 Å². The SMILES string of the molecule is N#C/C(=C/c1ccccc1I)c1ccc([N+](=O)[O-])cc1. The molecule has 0 N–H and O–H groups in total. The minimum Gasteiger partial charge on any atom is -0.258 e. The Hall–Kier alpha value is -2.20. The topological polar surface area (TPSA) is 66.9 Å². The number of nitro benzene ring substituents is 1. The van der Waals surface area contributed by atoms with Gasteiger partial charge >= 0.3 is 0 Å². The van der Waals surface area contributed by atoms with Crippen molar-refractivity contribution in [1.82, 2.24) is 0 Å². The normalized spacial score (nSPS) is 10.9. The Balaban J connectivity index is 2.41. The van der Waals surface area contributed by atoms with E-state index in [-0.39, 0.29) is 5.69 Å². The Morgan fingerprint density at radius 1 is 1.20 bits per heavy atom. The summed E-state index contributed by atoms with van der Waals surface area (Å²) in [5.41, 5.74) is 2.10. The van der Waals surface area contributed by atoms with Crippen molar-refractivity contribution < 1.29 is 4.92 Å². The van der Waals surface area contributed by atoms with Gasteiger partial charge in [0.25, 0.3) is 5.69 Å². The number of nitro groups is 1. The molecule has 0 fully saturated rings. The monoisotopic (exact) mass is 376 g/mol. The van der Waals surface area contributed by atoms with Gasteiger partial charge in [-0.05, 0) is 58.0 Å². The number of hydrogen-bond donors (Lipinski definition) is 0. The summed E-state index contributed by atoms with van der Waals surface area (Å²) in [6.07, 6.45) is 1.78. The number of non-ortho nitro benzene ring substituents is 1. The van der Waals surface area contributed by atoms with E-state index in [4.69, 9.17) is 0 Å². The maximum atomic E-state index is 10.6. The maximum absolute atomic E-state index is 10.6. The van der Waals surface area contributed by atoms with Gasteiger partial charge in [-0.1, -0.05) is 18.2 Å². The van der Waals surface area contributed by atoms with Crippen LogP contribution in [0.4, 0.5) is 5.69 Å². The Morgan fingerprint density at radius 3 is 2.40 bits per heavy atom. The van der Waals surface area contributed by atoms with Crippen molar-refractivity contribution in [3.05, 3.63) is 73.3 Å². The molecule has 0 aliphatic rings. The number of hydrogen-bond acceptors (Lipinski definition) is 3. The van der Waals surface area contributed by atoms with E-state index in [2.05, 4.69) is 28.7 Å². The number of allylic oxidation sites excluding steroid dienone is 1. The van der Waals surface area contributed by atoms with Gasteiger partial charge in [-0.25, -0.2) is 0 Å². The minimum atomic E-state index is -0.459. The molecular weight excluding hydrogens is 367 g/mol. The fourth-order valence-electron chi connectivity index (χ4n) is 1.69. The highest BCUT2D eigenvalue weighted by molar-refractivity contribution is 14.1. The van der Waals surface area contributed by atoms with Crippen LogP contribution >= 0.6 is 22.6 Å². The maximum Gasteiger partial charge on any atom is 0.269 e. The van der Waals surface area contributed by atoms with E-state index in [9.17, 15) is 15.4 Å². The third-order valence-corrected chi connectivity index (χ3v) is 3.70. The van der Waals surface area contributed by atoms with Crippen molar-refractivity contribution in [3.8, 4) is 6.07 Å². The zero-order chi connectivity index (χ0) is 14.5. The molecule has 20 heavy (non-hydrogen) atoms. The molecule has 0 aliphatic heterocycles. The second kappa shape index (κ2) is 6.30. The van der Waals surface area contributed by atoms with Gasteiger partial charge in [-0.3, -0.25) is 10.1 Å². The van der Waals surface area contributed by atoms with Crippen molar-refractivity contribution in [2.75, 3.05) is 0 Å². The largest absolute Gasteiger partial charge is 0.269 e. The van der Waals surface area contributed by atoms with Crippen LogP contribution in [0.15, 0.2) is 48.5 Å². The average Bonchev–Trinajstić information content (AvgIpc) is 2.46. The van der Waals surface area contributed by atoms with E-state index < -0.39 is 4.92 Å². The van der Waals surface area contributed by atoms with E-state index in [0.29, 0.717) is 11.1 Å². The molecule has 2 aromatic rings. The lowest BCUT2D eigenvalue weighted by molar-refractivity contribution is -0.384. The van der Waals surface area contributed by atoms with Gasteiger partial charge in [0, 0.05) is 15.7 Å². The third-order valence-electron chi connectivity index (χ3n) is 2.71. The summed E-state index contributed by atoms with van der Waals surface area (Å²) in [5.74, 6) is 0. The van der Waals surface area contributed by atoms with Gasteiger partial charge in [0.05, 0.1) is 16.6 Å². The first-order chi connectivity index (χ1) is 9.61. The summed E-state index contributed by atoms with van der Waals surface area (Å²) in [6.45, 7) is 0. The molecule has 0 amide bonds. The highest BCUT2D eigenvalue weighted by Crippen LogP contribution is 2.22. The Kier molecular flexibility index (Phi) is 4.48. The molecular formula is C15H9IN2O2. The van der Waals surface area contributed by atoms with Crippen LogP contribution in [0.3, 0.4) is 0 Å². The summed E-state index contributed by atoms with van der Waals surface area (Å²) in [7, 11) is 0. The molecule has 98 valence electrons. The third kappa shape index (κ3) is 3.22. The second-order valence-electron chi connectivity index (χ2n) is 4.00. The van der Waals surface area contributed by atoms with Gasteiger partial charge in [-0.2, -0.15) is 5.26 Å². The lowest BCUT2D eigenvalue weighted by Crippen LogP contribution is -1.89. The molecule has 0 aromatic heterocycles. The molecule has 5 heteroatoms. The van der Waals surface area contributed by atoms with Gasteiger partial charge in [0.2, 0.25) is 0 Å². The highest BCUT2D eigenvalue weighted by Gasteiger charge is 2.07. The van der Waals surface area contributed by atoms with E-state index in [1.165, 1.54) is 12.1 Å². The first-order valence-electron chi connectivity index (χ1n) is 5.73. The number of nitriles is 1. The summed E-state index contributed by atoms with van der Waals surface area (Å²) in [5, 5.41) is 19.9. The van der Waals surface area contributed by atoms with E-state index >= 15 is 0 Å². The molecule has 0 saturated carbocycles. The van der Waals surface area contributed by atoms with Crippen molar-refractivity contribution in [2.24, 2.45) is 0 Å². The molecule has 0 atom stereocenters. The molecule has 0 saturated heterocycles. The van der Waals surface area contributed by atoms with Crippen LogP contribution in [0.5, 0.6) is 0 Å². The van der Waals surface area contributed by atoms with Crippen LogP contribution in [-0.2, 0) is 0 Å². The summed E-state index contributed by atoms with van der Waals surface area (Å²) < 4.78 is 1.04. The Labute approximate surface area is 129 Å². The predicted molar refractivity (Wildman–Crippen MR) is 85.7 cm³/mol. The van der Waals surface area contributed by atoms with Crippen molar-refractivity contribution in [1.29, 1.82) is 5.26 Å². The number of nitrogens with zero attached hydrogens (tertiary/aromatic N) is 2. The lowest BCUT2D eigenvalue weighted by atomic mass is 10.0. The molecule has 0 spiro atoms. The Bertz CT molecular complexity index is 715. The van der Waals surface area contributed by atoms with Gasteiger partial charge < -0.3 is 0 Å². The fraction of sp³-hybridized carbons (Fsp3) is 0. The smallest absolute Gasteiger partial charge is 0.258 e. The molecule has 4 nitrogen and oxygen atoms in total. The van der Waals surface area contributed by atoms with Crippen LogP contribution in [-0.4, -0.2) is 4.92 Å². The number of halogens is 1. The van der Waals surface area contributed by atoms with Crippen LogP contribution in [0.25, 0.3) is 11.6 Å². The zero-order valence-corrected chi connectivity index (χ0v) is 12.4. The molecule has 0 aliphatic carbocycles. The predicted octanol–water partition coefficient (Wildman–Crippen LogP) is 4.26. The van der Waals surface area contributed by atoms with Crippen molar-refractivity contribution in [2.45, 2.75) is 0 Å². The Morgan fingerprint density at radius 2 is 1.85 bits per heavy atom. The highest BCUT2D eigenvalue weighted by atomic mass is 127. The molecule has 0 unspecified atom stereocenters. The van der Waals surface area contributed by atoms with Gasteiger partial charge in [-0.15, -0.1) is 0 Å². The van der Waals surface area contributed by atoms with Crippen LogP contribution in [0.1, 0.15) is 11.1 Å². The number of benzene rings is 2. The molecule has 0 bridgehead atoms. The molecule has 2 rings (SSSR count). The summed E-state index contributed by atoms with van der Waals surface area (Å²) in [6, 6.07) is 15.8. The lowest BCUT2D eigenvalue weighted by Gasteiger charge is -2.01. The van der Waals surface area contributed by atoms with Crippen LogP contribution < -0.4 is 0 Å². The van der Waals surface area contributed by atoms with Crippen molar-refractivity contribution >= 4 is 39.9 Å². The van der Waals surface area contributed by atoms with Crippen LogP contribution in [0, 0.1) is 25.0 Å². The molecule has 0 radical (unpaired) electrons. The minimum absolute atomic E-state index is 0.0142. The zero-order valence-electron chi connectivity index (χ0n) is 10.3. The van der Waals surface area contributed by atoms with E-state index in [0.717, 1.165) is 9.13 Å². The average molecular weight is 376 g/mol. The number of rotatable bonds is 3. The first-order valence-corrected chi connectivity index (χ1v) is 6.81. The molecule has 2 aromatic carbocycles. The van der Waals surface area contributed by atoms with Crippen molar-refractivity contribution in [3.63, 3.8) is 0 Å². The fourth-order valence-corrected chi connectivity index (χ4v) is 2.23. The molecule has 0 heterocycles. The summed E-state index contributed by atoms with van der Waals surface area (Å²) in [4.78, 5) is 10.2. The van der Waals surface area contributed by atoms with Gasteiger partial charge in [0.1, 0.15) is 0 Å². The van der Waals surface area contributed by atoms with Gasteiger partial charge in [0.15, 0.2) is 0 Å². The van der Waals surface area contributed by atoms with Crippen LogP contribution in [0.2, 0.25) is 0 Å². The standard InChI is InChI=1S/C15H9IN2O2/c16-15-4-2-1-3-12(15)9-13(10-17)11-5-7-14(8-6-11)18(19)20/h1-9H/b13-9-. The second-order valence-corrected chi connectivity index (χ2v) is 5.16. The van der Waals surface area contributed by atoms with E-state index in [1.54, 1.807) is 18.2 Å².